The molecule has 2 aliphatic rings. The van der Waals surface area contributed by atoms with E-state index in [1.54, 1.807) is 12.1 Å². The van der Waals surface area contributed by atoms with Gasteiger partial charge in [-0.15, -0.1) is 10.6 Å². The largest absolute Gasteiger partial charge is 0.320 e. The van der Waals surface area contributed by atoms with E-state index in [0.29, 0.717) is 29.5 Å². The molecule has 0 aliphatic heterocycles. The van der Waals surface area contributed by atoms with Crippen molar-refractivity contribution in [3.63, 3.8) is 0 Å². The van der Waals surface area contributed by atoms with Crippen molar-refractivity contribution in [2.24, 2.45) is 16.1 Å². The van der Waals surface area contributed by atoms with Gasteiger partial charge in [-0.3, -0.25) is 14.9 Å². The summed E-state index contributed by atoms with van der Waals surface area (Å²) in [7, 11) is 0. The van der Waals surface area contributed by atoms with E-state index < -0.39 is 5.91 Å². The quantitative estimate of drug-likeness (QED) is 0.110. The summed E-state index contributed by atoms with van der Waals surface area (Å²) >= 11 is 0. The Kier molecular flexibility index (Phi) is 9.74. The van der Waals surface area contributed by atoms with E-state index in [0.717, 1.165) is 11.3 Å². The predicted octanol–water partition coefficient (Wildman–Crippen LogP) is 5.80. The maximum atomic E-state index is 14.0. The Morgan fingerprint density at radius 1 is 0.738 bits per heavy atom. The summed E-state index contributed by atoms with van der Waals surface area (Å²) in [6.45, 7) is 0.363. The standard InChI is InChI=1S/C34H40N6O2/c35-38-34(39-36)37-32(41)29-13-11-24(12-14-29)23-40(31-21-19-28(20-22-31)26-9-5-2-6-10-26)33(42)30-17-15-27(16-18-30)25-7-3-1-4-8-25/h11-22,25-26,35H,1-10,23,36H2,(H,37,39,41)/p+1. The lowest BCUT2D eigenvalue weighted by atomic mass is 9.84. The van der Waals surface area contributed by atoms with Crippen LogP contribution in [0.4, 0.5) is 5.69 Å². The molecule has 2 aliphatic carbocycles. The van der Waals surface area contributed by atoms with E-state index in [1.165, 1.54) is 75.3 Å². The molecule has 5 N–H and O–H groups in total. The molecule has 0 bridgehead atoms. The summed E-state index contributed by atoms with van der Waals surface area (Å²) in [4.78, 5) is 28.3. The SMILES string of the molecule is NN=C(N=[NH2+])NC(=O)c1ccc(CN(C(=O)c2ccc(C3CCCCC3)cc2)c2ccc(C3CCCCC3)cc2)cc1. The normalized spacial score (nSPS) is 16.5. The van der Waals surface area contributed by atoms with Gasteiger partial charge in [0.15, 0.2) is 0 Å². The molecule has 42 heavy (non-hydrogen) atoms. The molecular weight excluding hydrogens is 524 g/mol. The van der Waals surface area contributed by atoms with Gasteiger partial charge in [-0.1, -0.05) is 74.9 Å². The molecule has 2 saturated carbocycles. The highest BCUT2D eigenvalue weighted by Gasteiger charge is 2.22. The molecule has 8 nitrogen and oxygen atoms in total. The third kappa shape index (κ3) is 7.11. The summed E-state index contributed by atoms with van der Waals surface area (Å²) in [5.41, 5.74) is 10.7. The lowest BCUT2D eigenvalue weighted by Crippen LogP contribution is -2.37. The number of carbonyl (C=O) groups excluding carboxylic acids is 2. The number of anilines is 1. The van der Waals surface area contributed by atoms with Gasteiger partial charge >= 0.3 is 5.96 Å². The molecule has 0 radical (unpaired) electrons. The second-order valence-electron chi connectivity index (χ2n) is 11.5. The fourth-order valence-corrected chi connectivity index (χ4v) is 6.35. The number of benzene rings is 3. The maximum Gasteiger partial charge on any atom is 0.310 e. The zero-order valence-electron chi connectivity index (χ0n) is 24.2. The molecule has 0 spiro atoms. The van der Waals surface area contributed by atoms with Crippen LogP contribution in [0.15, 0.2) is 83.0 Å². The molecule has 0 atom stereocenters. The van der Waals surface area contributed by atoms with E-state index in [9.17, 15) is 9.59 Å². The van der Waals surface area contributed by atoms with E-state index >= 15 is 0 Å². The van der Waals surface area contributed by atoms with Crippen molar-refractivity contribution in [1.82, 2.24) is 5.32 Å². The first-order valence-corrected chi connectivity index (χ1v) is 15.2. The molecule has 0 unspecified atom stereocenters. The van der Waals surface area contributed by atoms with Crippen molar-refractivity contribution in [2.45, 2.75) is 82.6 Å². The van der Waals surface area contributed by atoms with Crippen molar-refractivity contribution in [2.75, 3.05) is 4.90 Å². The molecule has 3 aromatic rings. The first-order valence-electron chi connectivity index (χ1n) is 15.2. The number of hydrogen-bond acceptors (Lipinski definition) is 4. The van der Waals surface area contributed by atoms with E-state index in [2.05, 4.69) is 51.9 Å². The van der Waals surface area contributed by atoms with Gasteiger partial charge in [-0.05, 0) is 90.6 Å². The minimum Gasteiger partial charge on any atom is -0.320 e. The van der Waals surface area contributed by atoms with Crippen LogP contribution in [0.5, 0.6) is 0 Å². The maximum absolute atomic E-state index is 14.0. The summed E-state index contributed by atoms with van der Waals surface area (Å²) in [5, 5.41) is 9.10. The van der Waals surface area contributed by atoms with Gasteiger partial charge in [-0.2, -0.15) is 0 Å². The number of amides is 2. The summed E-state index contributed by atoms with van der Waals surface area (Å²) in [6.07, 6.45) is 12.7. The van der Waals surface area contributed by atoms with E-state index in [1.807, 2.05) is 29.2 Å². The van der Waals surface area contributed by atoms with Crippen LogP contribution in [-0.2, 0) is 6.54 Å². The van der Waals surface area contributed by atoms with Crippen LogP contribution in [0, 0.1) is 0 Å². The van der Waals surface area contributed by atoms with Crippen LogP contribution in [0.25, 0.3) is 0 Å². The molecule has 3 aromatic carbocycles. The lowest BCUT2D eigenvalue weighted by Gasteiger charge is -2.26. The molecule has 218 valence electrons. The van der Waals surface area contributed by atoms with Crippen molar-refractivity contribution in [3.05, 3.63) is 101 Å². The number of hydrazone groups is 1. The number of hydrogen-bond donors (Lipinski definition) is 3. The number of guanidine groups is 1. The zero-order chi connectivity index (χ0) is 29.3. The summed E-state index contributed by atoms with van der Waals surface area (Å²) in [6, 6.07) is 23.8. The molecule has 0 heterocycles. The van der Waals surface area contributed by atoms with Crippen molar-refractivity contribution in [3.8, 4) is 0 Å². The second kappa shape index (κ2) is 14.0. The molecule has 2 fully saturated rings. The number of carbonyl (C=O) groups is 2. The average molecular weight is 566 g/mol. The minimum absolute atomic E-state index is 0.0502. The highest BCUT2D eigenvalue weighted by molar-refractivity contribution is 6.06. The fourth-order valence-electron chi connectivity index (χ4n) is 6.35. The third-order valence-corrected chi connectivity index (χ3v) is 8.79. The molecule has 0 aromatic heterocycles. The average Bonchev–Trinajstić information content (AvgIpc) is 3.07. The predicted molar refractivity (Wildman–Crippen MR) is 165 cm³/mol. The monoisotopic (exact) mass is 565 g/mol. The Morgan fingerprint density at radius 2 is 1.24 bits per heavy atom. The van der Waals surface area contributed by atoms with Crippen LogP contribution in [0.3, 0.4) is 0 Å². The van der Waals surface area contributed by atoms with Gasteiger partial charge in [0.25, 0.3) is 11.8 Å². The van der Waals surface area contributed by atoms with Crippen LogP contribution in [0.1, 0.15) is 113 Å². The number of nitrogens with one attached hydrogen (secondary N) is 1. The van der Waals surface area contributed by atoms with Gasteiger partial charge in [-0.25, -0.2) is 0 Å². The van der Waals surface area contributed by atoms with Crippen LogP contribution in [-0.4, -0.2) is 17.8 Å². The topological polar surface area (TPSA) is 126 Å². The lowest BCUT2D eigenvalue weighted by molar-refractivity contribution is -0.207. The van der Waals surface area contributed by atoms with Crippen molar-refractivity contribution >= 4 is 23.5 Å². The Bertz CT molecular complexity index is 1390. The third-order valence-electron chi connectivity index (χ3n) is 8.79. The first kappa shape index (κ1) is 29.2. The summed E-state index contributed by atoms with van der Waals surface area (Å²) < 4.78 is 0. The number of nitrogens with two attached hydrogens (primary N) is 2. The zero-order valence-corrected chi connectivity index (χ0v) is 24.2. The Morgan fingerprint density at radius 3 is 1.74 bits per heavy atom. The van der Waals surface area contributed by atoms with Crippen LogP contribution < -0.4 is 21.6 Å². The number of nitrogens with zero attached hydrogens (tertiary/aromatic N) is 3. The molecule has 2 amide bonds. The smallest absolute Gasteiger partial charge is 0.310 e. The van der Waals surface area contributed by atoms with Crippen LogP contribution in [0.2, 0.25) is 0 Å². The van der Waals surface area contributed by atoms with E-state index in [4.69, 9.17) is 11.4 Å². The van der Waals surface area contributed by atoms with Gasteiger partial charge in [0.05, 0.1) is 6.54 Å². The van der Waals surface area contributed by atoms with Gasteiger partial charge < -0.3 is 10.7 Å². The molecule has 0 saturated heterocycles. The summed E-state index contributed by atoms with van der Waals surface area (Å²) in [5.74, 6) is 5.73. The van der Waals surface area contributed by atoms with Crippen molar-refractivity contribution in [1.29, 1.82) is 0 Å². The highest BCUT2D eigenvalue weighted by Crippen LogP contribution is 2.35. The van der Waals surface area contributed by atoms with E-state index in [-0.39, 0.29) is 11.9 Å². The van der Waals surface area contributed by atoms with Gasteiger partial charge in [0.1, 0.15) is 0 Å². The van der Waals surface area contributed by atoms with Gasteiger partial charge in [0, 0.05) is 21.9 Å². The molecule has 8 heteroatoms. The molecule has 5 rings (SSSR count). The Balaban J connectivity index is 1.37. The minimum atomic E-state index is -0.427. The second-order valence-corrected chi connectivity index (χ2v) is 11.5. The Labute approximate surface area is 247 Å². The van der Waals surface area contributed by atoms with Crippen LogP contribution >= 0.6 is 0 Å². The number of rotatable bonds is 7. The first-order chi connectivity index (χ1) is 20.6. The van der Waals surface area contributed by atoms with Crippen molar-refractivity contribution < 1.29 is 15.1 Å². The Hall–Kier alpha value is -4.33. The molecular formula is C34H41N6O2+. The highest BCUT2D eigenvalue weighted by atomic mass is 16.2. The fraction of sp³-hybridized carbons (Fsp3) is 0.382. The van der Waals surface area contributed by atoms with Gasteiger partial charge in [0.2, 0.25) is 0 Å².